The first kappa shape index (κ1) is 17.7. The Morgan fingerprint density at radius 1 is 1.04 bits per heavy atom. The fraction of sp³-hybridized carbons (Fsp3) is 0.409. The largest absolute Gasteiger partial charge is 0.382 e. The number of fused-ring (bicyclic) bond motifs is 2. The van der Waals surface area contributed by atoms with E-state index in [9.17, 15) is 0 Å². The van der Waals surface area contributed by atoms with E-state index in [1.807, 2.05) is 6.20 Å². The van der Waals surface area contributed by atoms with Crippen LogP contribution in [0.5, 0.6) is 0 Å². The van der Waals surface area contributed by atoms with Crippen molar-refractivity contribution in [3.05, 3.63) is 48.7 Å². The maximum atomic E-state index is 3.73. The van der Waals surface area contributed by atoms with E-state index in [0.29, 0.717) is 6.04 Å². The van der Waals surface area contributed by atoms with Crippen molar-refractivity contribution in [1.29, 1.82) is 0 Å². The third-order valence-electron chi connectivity index (χ3n) is 5.23. The first-order valence-electron chi connectivity index (χ1n) is 9.64. The number of hydrogen-bond acceptors (Lipinski definition) is 1. The summed E-state index contributed by atoms with van der Waals surface area (Å²) in [5.74, 6) is 0. The van der Waals surface area contributed by atoms with Crippen molar-refractivity contribution >= 4 is 27.4 Å². The Kier molecular flexibility index (Phi) is 5.87. The Morgan fingerprint density at radius 3 is 2.48 bits per heavy atom. The molecule has 1 heterocycles. The van der Waals surface area contributed by atoms with Gasteiger partial charge in [0, 0.05) is 18.2 Å². The molecular weight excluding hydrogens is 306 g/mol. The third-order valence-corrected chi connectivity index (χ3v) is 5.23. The van der Waals surface area contributed by atoms with Crippen LogP contribution in [0.3, 0.4) is 0 Å². The molecule has 0 saturated heterocycles. The number of benzene rings is 2. The number of rotatable bonds is 8. The van der Waals surface area contributed by atoms with Gasteiger partial charge in [-0.3, -0.25) is 0 Å². The van der Waals surface area contributed by atoms with Gasteiger partial charge in [0.25, 0.3) is 0 Å². The topological polar surface area (TPSA) is 30.6 Å². The predicted molar refractivity (Wildman–Crippen MR) is 107 cm³/mol. The van der Waals surface area contributed by atoms with Crippen molar-refractivity contribution in [2.45, 2.75) is 39.7 Å². The number of pyridine rings is 1. The molecule has 0 aliphatic heterocycles. The summed E-state index contributed by atoms with van der Waals surface area (Å²) < 4.78 is 0. The van der Waals surface area contributed by atoms with E-state index >= 15 is 0 Å². The predicted octanol–water partition coefficient (Wildman–Crippen LogP) is 3.31. The molecule has 3 N–H and O–H groups in total. The van der Waals surface area contributed by atoms with E-state index in [0.717, 1.165) is 0 Å². The molecular formula is C22H31N3+2. The number of anilines is 1. The molecule has 0 bridgehead atoms. The molecule has 0 fully saturated rings. The minimum absolute atomic E-state index is 0.479. The molecule has 0 spiro atoms. The second-order valence-electron chi connectivity index (χ2n) is 7.03. The first-order valence-corrected chi connectivity index (χ1v) is 9.64. The Morgan fingerprint density at radius 2 is 1.76 bits per heavy atom. The summed E-state index contributed by atoms with van der Waals surface area (Å²) in [6, 6.07) is 15.7. The smallest absolute Gasteiger partial charge is 0.213 e. The van der Waals surface area contributed by atoms with Crippen molar-refractivity contribution in [3.63, 3.8) is 0 Å². The molecule has 3 rings (SSSR count). The van der Waals surface area contributed by atoms with E-state index in [2.05, 4.69) is 73.5 Å². The second-order valence-corrected chi connectivity index (χ2v) is 7.03. The molecule has 0 aliphatic carbocycles. The zero-order chi connectivity index (χ0) is 17.6. The summed E-state index contributed by atoms with van der Waals surface area (Å²) in [6.07, 6.45) is 4.51. The van der Waals surface area contributed by atoms with Crippen LogP contribution in [0.1, 0.15) is 33.6 Å². The highest BCUT2D eigenvalue weighted by Gasteiger charge is 2.11. The van der Waals surface area contributed by atoms with Crippen molar-refractivity contribution in [1.82, 2.24) is 0 Å². The van der Waals surface area contributed by atoms with E-state index in [1.54, 1.807) is 4.90 Å². The minimum atomic E-state index is 0.479. The van der Waals surface area contributed by atoms with Crippen molar-refractivity contribution < 1.29 is 9.88 Å². The van der Waals surface area contributed by atoms with Crippen LogP contribution < -0.4 is 15.2 Å². The van der Waals surface area contributed by atoms with E-state index in [-0.39, 0.29) is 0 Å². The van der Waals surface area contributed by atoms with Crippen LogP contribution in [0.2, 0.25) is 0 Å². The van der Waals surface area contributed by atoms with Crippen LogP contribution in [-0.4, -0.2) is 25.7 Å². The number of aromatic nitrogens is 1. The second kappa shape index (κ2) is 8.30. The molecule has 3 heteroatoms. The lowest BCUT2D eigenvalue weighted by atomic mass is 10.1. The summed E-state index contributed by atoms with van der Waals surface area (Å²) in [6.45, 7) is 10.6. The molecule has 25 heavy (non-hydrogen) atoms. The summed E-state index contributed by atoms with van der Waals surface area (Å²) in [4.78, 5) is 5.08. The first-order chi connectivity index (χ1) is 12.2. The van der Waals surface area contributed by atoms with Gasteiger partial charge in [-0.25, -0.2) is 4.98 Å². The van der Waals surface area contributed by atoms with Crippen LogP contribution in [-0.2, 0) is 0 Å². The zero-order valence-electron chi connectivity index (χ0n) is 15.7. The van der Waals surface area contributed by atoms with Gasteiger partial charge < -0.3 is 10.2 Å². The highest BCUT2D eigenvalue weighted by Crippen LogP contribution is 2.26. The molecule has 1 atom stereocenters. The van der Waals surface area contributed by atoms with E-state index in [1.165, 1.54) is 59.8 Å². The normalized spacial score (nSPS) is 12.8. The number of quaternary nitrogens is 1. The molecule has 2 aromatic carbocycles. The highest BCUT2D eigenvalue weighted by molar-refractivity contribution is 6.00. The summed E-state index contributed by atoms with van der Waals surface area (Å²) >= 11 is 0. The summed E-state index contributed by atoms with van der Waals surface area (Å²) in [5, 5.41) is 7.56. The van der Waals surface area contributed by atoms with Gasteiger partial charge in [0.1, 0.15) is 0 Å². The zero-order valence-corrected chi connectivity index (χ0v) is 15.7. The fourth-order valence-corrected chi connectivity index (χ4v) is 3.61. The lowest BCUT2D eigenvalue weighted by Crippen LogP contribution is -3.11. The average Bonchev–Trinajstić information content (AvgIpc) is 2.64. The summed E-state index contributed by atoms with van der Waals surface area (Å²) in [7, 11) is 0. The fourth-order valence-electron chi connectivity index (χ4n) is 3.61. The average molecular weight is 338 g/mol. The SMILES string of the molecule is CC[NH+](CC)CCC[C@@H](C)Nc1cc[nH+]c2cc3ccccc3cc12. The Labute approximate surface area is 151 Å². The number of hydrogen-bond donors (Lipinski definition) is 2. The van der Waals surface area contributed by atoms with Gasteiger partial charge in [-0.2, -0.15) is 0 Å². The highest BCUT2D eigenvalue weighted by atomic mass is 15.1. The van der Waals surface area contributed by atoms with Crippen LogP contribution in [0.4, 0.5) is 5.69 Å². The van der Waals surface area contributed by atoms with Crippen LogP contribution >= 0.6 is 0 Å². The lowest BCUT2D eigenvalue weighted by molar-refractivity contribution is -0.896. The Balaban J connectivity index is 1.73. The van der Waals surface area contributed by atoms with Gasteiger partial charge >= 0.3 is 0 Å². The van der Waals surface area contributed by atoms with Gasteiger partial charge in [-0.1, -0.05) is 24.3 Å². The van der Waals surface area contributed by atoms with Gasteiger partial charge in [0.15, 0.2) is 6.20 Å². The monoisotopic (exact) mass is 337 g/mol. The third kappa shape index (κ3) is 4.29. The maximum absolute atomic E-state index is 3.73. The maximum Gasteiger partial charge on any atom is 0.213 e. The molecule has 3 nitrogen and oxygen atoms in total. The summed E-state index contributed by atoms with van der Waals surface area (Å²) in [5.41, 5.74) is 2.41. The van der Waals surface area contributed by atoms with Gasteiger partial charge in [-0.05, 0) is 50.5 Å². The Bertz CT molecular complexity index is 824. The molecule has 0 amide bonds. The Hall–Kier alpha value is -2.13. The van der Waals surface area contributed by atoms with Crippen molar-refractivity contribution in [2.75, 3.05) is 25.0 Å². The van der Waals surface area contributed by atoms with Gasteiger partial charge in [-0.15, -0.1) is 0 Å². The van der Waals surface area contributed by atoms with Crippen LogP contribution in [0, 0.1) is 0 Å². The molecule has 132 valence electrons. The van der Waals surface area contributed by atoms with Crippen molar-refractivity contribution in [3.8, 4) is 0 Å². The van der Waals surface area contributed by atoms with Crippen LogP contribution in [0.15, 0.2) is 48.7 Å². The standard InChI is InChI=1S/C22H29N3/c1-4-25(5-2)14-8-9-17(3)24-21-12-13-23-22-16-19-11-7-6-10-18(19)15-20(21)22/h6-7,10-13,15-17H,4-5,8-9,14H2,1-3H3,(H,23,24)/p+2/t17-/m1/s1. The molecule has 0 radical (unpaired) electrons. The van der Waals surface area contributed by atoms with E-state index in [4.69, 9.17) is 0 Å². The van der Waals surface area contributed by atoms with Crippen LogP contribution in [0.25, 0.3) is 21.7 Å². The number of nitrogens with one attached hydrogen (secondary N) is 3. The lowest BCUT2D eigenvalue weighted by Gasteiger charge is -2.18. The molecule has 3 aromatic rings. The number of aromatic amines is 1. The quantitative estimate of drug-likeness (QED) is 0.607. The molecule has 0 unspecified atom stereocenters. The molecule has 1 aromatic heterocycles. The van der Waals surface area contributed by atoms with Gasteiger partial charge in [0.05, 0.1) is 30.7 Å². The van der Waals surface area contributed by atoms with E-state index < -0.39 is 0 Å². The number of H-pyrrole nitrogens is 1. The van der Waals surface area contributed by atoms with Gasteiger partial charge in [0.2, 0.25) is 5.52 Å². The molecule has 0 aliphatic rings. The molecule has 0 saturated carbocycles. The minimum Gasteiger partial charge on any atom is -0.382 e. The van der Waals surface area contributed by atoms with Crippen molar-refractivity contribution in [2.24, 2.45) is 0 Å².